The minimum absolute atomic E-state index is 0.0806. The Morgan fingerprint density at radius 2 is 2.08 bits per heavy atom. The lowest BCUT2D eigenvalue weighted by molar-refractivity contribution is 0.0953. The maximum Gasteiger partial charge on any atom is 0.252 e. The van der Waals surface area contributed by atoms with Crippen LogP contribution in [0.4, 0.5) is 0 Å². The molecule has 2 heterocycles. The number of carbonyl (C=O) groups is 1. The SMILES string of the molecule is CCOc1ccc(C(=O)NCCCc2cnc3ncnn3c2)cc1. The average Bonchev–Trinajstić information content (AvgIpc) is 3.07. The first-order valence-electron chi connectivity index (χ1n) is 7.91. The van der Waals surface area contributed by atoms with Crippen LogP contribution >= 0.6 is 0 Å². The summed E-state index contributed by atoms with van der Waals surface area (Å²) in [5, 5.41) is 6.98. The van der Waals surface area contributed by atoms with Gasteiger partial charge in [-0.15, -0.1) is 0 Å². The van der Waals surface area contributed by atoms with Crippen LogP contribution in [0.1, 0.15) is 29.3 Å². The highest BCUT2D eigenvalue weighted by atomic mass is 16.5. The zero-order valence-corrected chi connectivity index (χ0v) is 13.5. The number of hydrogen-bond donors (Lipinski definition) is 1. The Morgan fingerprint density at radius 3 is 2.88 bits per heavy atom. The minimum Gasteiger partial charge on any atom is -0.494 e. The standard InChI is InChI=1S/C17H19N5O2/c1-2-24-15-7-5-14(6-8-15)16(23)18-9-3-4-13-10-19-17-20-12-21-22(17)11-13/h5-8,10-12H,2-4,9H2,1H3,(H,18,23). The maximum absolute atomic E-state index is 12.1. The minimum atomic E-state index is -0.0806. The molecule has 0 spiro atoms. The smallest absolute Gasteiger partial charge is 0.252 e. The highest BCUT2D eigenvalue weighted by Gasteiger charge is 2.05. The molecule has 7 heteroatoms. The van der Waals surface area contributed by atoms with E-state index < -0.39 is 0 Å². The van der Waals surface area contributed by atoms with Gasteiger partial charge in [0.1, 0.15) is 12.1 Å². The molecule has 0 bridgehead atoms. The molecule has 0 aliphatic rings. The first-order valence-corrected chi connectivity index (χ1v) is 7.91. The summed E-state index contributed by atoms with van der Waals surface area (Å²) in [4.78, 5) is 20.3. The molecule has 24 heavy (non-hydrogen) atoms. The van der Waals surface area contributed by atoms with E-state index in [0.29, 0.717) is 24.5 Å². The van der Waals surface area contributed by atoms with Crippen LogP contribution in [-0.2, 0) is 6.42 Å². The van der Waals surface area contributed by atoms with E-state index in [-0.39, 0.29) is 5.91 Å². The number of carbonyl (C=O) groups excluding carboxylic acids is 1. The van der Waals surface area contributed by atoms with Gasteiger partial charge in [-0.25, -0.2) is 9.50 Å². The predicted molar refractivity (Wildman–Crippen MR) is 89.0 cm³/mol. The second kappa shape index (κ2) is 7.54. The fourth-order valence-electron chi connectivity index (χ4n) is 2.35. The number of rotatable bonds is 7. The number of aryl methyl sites for hydroxylation is 1. The Hall–Kier alpha value is -2.96. The van der Waals surface area contributed by atoms with Crippen LogP contribution in [0.15, 0.2) is 43.0 Å². The highest BCUT2D eigenvalue weighted by Crippen LogP contribution is 2.12. The summed E-state index contributed by atoms with van der Waals surface area (Å²) in [5.41, 5.74) is 1.69. The fraction of sp³-hybridized carbons (Fsp3) is 0.294. The molecule has 1 aromatic carbocycles. The topological polar surface area (TPSA) is 81.4 Å². The Bertz CT molecular complexity index is 813. The highest BCUT2D eigenvalue weighted by molar-refractivity contribution is 5.94. The van der Waals surface area contributed by atoms with Gasteiger partial charge in [-0.1, -0.05) is 0 Å². The first-order chi connectivity index (χ1) is 11.8. The van der Waals surface area contributed by atoms with Crippen LogP contribution in [-0.4, -0.2) is 38.6 Å². The summed E-state index contributed by atoms with van der Waals surface area (Å²) in [7, 11) is 0. The van der Waals surface area contributed by atoms with Gasteiger partial charge in [0.15, 0.2) is 0 Å². The normalized spacial score (nSPS) is 10.7. The van der Waals surface area contributed by atoms with E-state index in [2.05, 4.69) is 20.4 Å². The number of benzene rings is 1. The van der Waals surface area contributed by atoms with Crippen molar-refractivity contribution in [2.45, 2.75) is 19.8 Å². The molecule has 0 aliphatic carbocycles. The zero-order chi connectivity index (χ0) is 16.8. The third-order valence-corrected chi connectivity index (χ3v) is 3.54. The van der Waals surface area contributed by atoms with Gasteiger partial charge in [-0.05, 0) is 49.6 Å². The molecule has 124 valence electrons. The monoisotopic (exact) mass is 325 g/mol. The summed E-state index contributed by atoms with van der Waals surface area (Å²) >= 11 is 0. The molecule has 2 aromatic heterocycles. The molecule has 0 fully saturated rings. The number of nitrogens with zero attached hydrogens (tertiary/aromatic N) is 4. The van der Waals surface area contributed by atoms with E-state index in [4.69, 9.17) is 4.74 Å². The van der Waals surface area contributed by atoms with Gasteiger partial charge in [0.05, 0.1) is 6.61 Å². The molecule has 0 saturated heterocycles. The second-order valence-corrected chi connectivity index (χ2v) is 5.28. The van der Waals surface area contributed by atoms with Crippen molar-refractivity contribution in [1.29, 1.82) is 0 Å². The van der Waals surface area contributed by atoms with E-state index in [1.165, 1.54) is 6.33 Å². The fourth-order valence-corrected chi connectivity index (χ4v) is 2.35. The van der Waals surface area contributed by atoms with E-state index in [9.17, 15) is 4.79 Å². The Morgan fingerprint density at radius 1 is 1.25 bits per heavy atom. The average molecular weight is 325 g/mol. The second-order valence-electron chi connectivity index (χ2n) is 5.28. The quantitative estimate of drug-likeness (QED) is 0.671. The van der Waals surface area contributed by atoms with Crippen molar-refractivity contribution < 1.29 is 9.53 Å². The van der Waals surface area contributed by atoms with Crippen LogP contribution in [0.3, 0.4) is 0 Å². The van der Waals surface area contributed by atoms with E-state index >= 15 is 0 Å². The number of fused-ring (bicyclic) bond motifs is 1. The number of amides is 1. The van der Waals surface area contributed by atoms with Gasteiger partial charge in [0, 0.05) is 24.5 Å². The van der Waals surface area contributed by atoms with E-state index in [0.717, 1.165) is 24.2 Å². The Kier molecular flexibility index (Phi) is 5.00. The summed E-state index contributed by atoms with van der Waals surface area (Å²) in [6.45, 7) is 3.14. The van der Waals surface area contributed by atoms with Crippen molar-refractivity contribution in [3.05, 3.63) is 54.1 Å². The van der Waals surface area contributed by atoms with Gasteiger partial charge in [0.25, 0.3) is 11.7 Å². The zero-order valence-electron chi connectivity index (χ0n) is 13.5. The molecule has 0 unspecified atom stereocenters. The molecule has 3 aromatic rings. The summed E-state index contributed by atoms with van der Waals surface area (Å²) < 4.78 is 7.01. The van der Waals surface area contributed by atoms with Crippen LogP contribution in [0, 0.1) is 0 Å². The van der Waals surface area contributed by atoms with Gasteiger partial charge in [-0.2, -0.15) is 10.1 Å². The van der Waals surface area contributed by atoms with Gasteiger partial charge < -0.3 is 10.1 Å². The summed E-state index contributed by atoms with van der Waals surface area (Å²) in [6, 6.07) is 7.14. The van der Waals surface area contributed by atoms with Crippen molar-refractivity contribution >= 4 is 11.7 Å². The number of nitrogens with one attached hydrogen (secondary N) is 1. The van der Waals surface area contributed by atoms with Crippen molar-refractivity contribution in [3.63, 3.8) is 0 Å². The third kappa shape index (κ3) is 3.87. The molecule has 1 N–H and O–H groups in total. The van der Waals surface area contributed by atoms with Crippen molar-refractivity contribution in [1.82, 2.24) is 24.9 Å². The Labute approximate surface area is 139 Å². The van der Waals surface area contributed by atoms with Gasteiger partial charge in [-0.3, -0.25) is 4.79 Å². The van der Waals surface area contributed by atoms with Gasteiger partial charge in [0.2, 0.25) is 0 Å². The molecule has 0 saturated carbocycles. The summed E-state index contributed by atoms with van der Waals surface area (Å²) in [5.74, 6) is 1.27. The van der Waals surface area contributed by atoms with Crippen LogP contribution in [0.25, 0.3) is 5.78 Å². The molecule has 1 amide bonds. The first kappa shape index (κ1) is 15.9. The number of aromatic nitrogens is 4. The lowest BCUT2D eigenvalue weighted by Gasteiger charge is -2.07. The van der Waals surface area contributed by atoms with Crippen LogP contribution in [0.5, 0.6) is 5.75 Å². The van der Waals surface area contributed by atoms with E-state index in [1.807, 2.05) is 13.1 Å². The Balaban J connectivity index is 1.46. The molecule has 0 aliphatic heterocycles. The summed E-state index contributed by atoms with van der Waals surface area (Å²) in [6.07, 6.45) is 6.81. The van der Waals surface area contributed by atoms with Crippen LogP contribution < -0.4 is 10.1 Å². The van der Waals surface area contributed by atoms with E-state index in [1.54, 1.807) is 35.0 Å². The predicted octanol–water partition coefficient (Wildman–Crippen LogP) is 1.89. The third-order valence-electron chi connectivity index (χ3n) is 3.54. The molecule has 0 radical (unpaired) electrons. The van der Waals surface area contributed by atoms with Gasteiger partial charge >= 0.3 is 0 Å². The molecular formula is C17H19N5O2. The molecule has 7 nitrogen and oxygen atoms in total. The molecule has 3 rings (SSSR count). The number of hydrogen-bond acceptors (Lipinski definition) is 5. The lowest BCUT2D eigenvalue weighted by Crippen LogP contribution is -2.24. The largest absolute Gasteiger partial charge is 0.494 e. The maximum atomic E-state index is 12.1. The van der Waals surface area contributed by atoms with Crippen molar-refractivity contribution in [2.24, 2.45) is 0 Å². The molecule has 0 atom stereocenters. The van der Waals surface area contributed by atoms with Crippen LogP contribution in [0.2, 0.25) is 0 Å². The van der Waals surface area contributed by atoms with Crippen molar-refractivity contribution in [2.75, 3.05) is 13.2 Å². The number of ether oxygens (including phenoxy) is 1. The lowest BCUT2D eigenvalue weighted by atomic mass is 10.2. The van der Waals surface area contributed by atoms with Crippen molar-refractivity contribution in [3.8, 4) is 5.75 Å². The molecular weight excluding hydrogens is 306 g/mol.